The molecule has 0 aliphatic carbocycles. The van der Waals surface area contributed by atoms with Crippen LogP contribution in [0.5, 0.6) is 0 Å². The lowest BCUT2D eigenvalue weighted by Gasteiger charge is -2.28. The molecule has 3 aromatic rings. The average molecular weight is 399 g/mol. The minimum Gasteiger partial charge on any atom is -0.370 e. The van der Waals surface area contributed by atoms with Gasteiger partial charge in [0.25, 0.3) is 0 Å². The number of nitrogens with zero attached hydrogens (tertiary/aromatic N) is 3. The van der Waals surface area contributed by atoms with Crippen molar-refractivity contribution in [3.05, 3.63) is 41.6 Å². The number of rotatable bonds is 6. The number of piperidine rings is 1. The topological polar surface area (TPSA) is 56.8 Å². The summed E-state index contributed by atoms with van der Waals surface area (Å²) in [6.07, 6.45) is 6.68. The van der Waals surface area contributed by atoms with Crippen molar-refractivity contribution in [3.8, 4) is 11.4 Å². The summed E-state index contributed by atoms with van der Waals surface area (Å²) >= 11 is 0. The van der Waals surface area contributed by atoms with E-state index in [1.54, 1.807) is 6.20 Å². The SMILES string of the molecule is Cc1cc(-c2nc3c(F)c(F)ccc3[nH]2)cnc1NCCCC1CCN(C)CC1. The van der Waals surface area contributed by atoms with Crippen LogP contribution in [0.3, 0.4) is 0 Å². The number of imidazole rings is 1. The maximum absolute atomic E-state index is 13.9. The van der Waals surface area contributed by atoms with Crippen LogP contribution in [0.1, 0.15) is 31.2 Å². The van der Waals surface area contributed by atoms with Gasteiger partial charge >= 0.3 is 0 Å². The Morgan fingerprint density at radius 2 is 2.03 bits per heavy atom. The largest absolute Gasteiger partial charge is 0.370 e. The van der Waals surface area contributed by atoms with Crippen LogP contribution in [-0.2, 0) is 0 Å². The van der Waals surface area contributed by atoms with Crippen LogP contribution in [0, 0.1) is 24.5 Å². The van der Waals surface area contributed by atoms with Gasteiger partial charge in [-0.2, -0.15) is 0 Å². The first-order valence-electron chi connectivity index (χ1n) is 10.2. The number of nitrogens with one attached hydrogen (secondary N) is 2. The zero-order valence-electron chi connectivity index (χ0n) is 16.9. The first-order valence-corrected chi connectivity index (χ1v) is 10.2. The number of anilines is 1. The van der Waals surface area contributed by atoms with E-state index in [1.165, 1.54) is 38.4 Å². The summed E-state index contributed by atoms with van der Waals surface area (Å²) in [5.41, 5.74) is 2.21. The Labute approximate surface area is 169 Å². The van der Waals surface area contributed by atoms with Crippen LogP contribution in [0.15, 0.2) is 24.4 Å². The molecule has 7 heteroatoms. The molecule has 0 radical (unpaired) electrons. The number of likely N-dealkylation sites (tertiary alicyclic amines) is 1. The fourth-order valence-electron chi connectivity index (χ4n) is 3.99. The fraction of sp³-hybridized carbons (Fsp3) is 0.455. The van der Waals surface area contributed by atoms with E-state index in [-0.39, 0.29) is 5.52 Å². The van der Waals surface area contributed by atoms with Crippen molar-refractivity contribution < 1.29 is 8.78 Å². The molecule has 1 saturated heterocycles. The minimum absolute atomic E-state index is 0.00811. The molecule has 1 fully saturated rings. The van der Waals surface area contributed by atoms with Crippen LogP contribution >= 0.6 is 0 Å². The highest BCUT2D eigenvalue weighted by Gasteiger charge is 2.16. The number of hydrogen-bond acceptors (Lipinski definition) is 4. The van der Waals surface area contributed by atoms with Crippen molar-refractivity contribution in [2.75, 3.05) is 32.0 Å². The molecule has 2 aromatic heterocycles. The Morgan fingerprint density at radius 3 is 2.79 bits per heavy atom. The normalized spacial score (nSPS) is 15.9. The van der Waals surface area contributed by atoms with Gasteiger partial charge in [-0.3, -0.25) is 0 Å². The second kappa shape index (κ2) is 8.45. The van der Waals surface area contributed by atoms with Gasteiger partial charge in [-0.1, -0.05) is 0 Å². The highest BCUT2D eigenvalue weighted by Crippen LogP contribution is 2.26. The highest BCUT2D eigenvalue weighted by molar-refractivity contribution is 5.80. The van der Waals surface area contributed by atoms with Gasteiger partial charge in [0.2, 0.25) is 0 Å². The average Bonchev–Trinajstić information content (AvgIpc) is 3.15. The van der Waals surface area contributed by atoms with Crippen LogP contribution in [-0.4, -0.2) is 46.5 Å². The lowest BCUT2D eigenvalue weighted by Crippen LogP contribution is -2.30. The molecule has 0 bridgehead atoms. The molecule has 0 saturated carbocycles. The van der Waals surface area contributed by atoms with Gasteiger partial charge < -0.3 is 15.2 Å². The van der Waals surface area contributed by atoms with Gasteiger partial charge in [-0.15, -0.1) is 0 Å². The summed E-state index contributed by atoms with van der Waals surface area (Å²) in [6.45, 7) is 5.30. The Kier molecular flexibility index (Phi) is 5.76. The number of benzene rings is 1. The zero-order chi connectivity index (χ0) is 20.4. The van der Waals surface area contributed by atoms with Gasteiger partial charge in [0.1, 0.15) is 17.2 Å². The molecule has 0 atom stereocenters. The van der Waals surface area contributed by atoms with Gasteiger partial charge in [0, 0.05) is 18.3 Å². The third-order valence-corrected chi connectivity index (χ3v) is 5.82. The maximum atomic E-state index is 13.9. The monoisotopic (exact) mass is 399 g/mol. The van der Waals surface area contributed by atoms with E-state index in [0.717, 1.165) is 41.9 Å². The molecule has 1 aromatic carbocycles. The van der Waals surface area contributed by atoms with E-state index in [2.05, 4.69) is 32.2 Å². The van der Waals surface area contributed by atoms with Crippen molar-refractivity contribution in [3.63, 3.8) is 0 Å². The first kappa shape index (κ1) is 19.8. The van der Waals surface area contributed by atoms with E-state index in [9.17, 15) is 8.78 Å². The van der Waals surface area contributed by atoms with Crippen molar-refractivity contribution in [2.45, 2.75) is 32.6 Å². The van der Waals surface area contributed by atoms with Crippen LogP contribution in [0.2, 0.25) is 0 Å². The lowest BCUT2D eigenvalue weighted by molar-refractivity contribution is 0.211. The number of aromatic amines is 1. The van der Waals surface area contributed by atoms with Crippen molar-refractivity contribution in [1.29, 1.82) is 0 Å². The maximum Gasteiger partial charge on any atom is 0.186 e. The minimum atomic E-state index is -0.933. The van der Waals surface area contributed by atoms with Gasteiger partial charge in [-0.05, 0) is 82.4 Å². The predicted octanol–water partition coefficient (Wildman–Crippen LogP) is 4.75. The predicted molar refractivity (Wildman–Crippen MR) is 112 cm³/mol. The number of pyridine rings is 1. The summed E-state index contributed by atoms with van der Waals surface area (Å²) in [5, 5.41) is 3.42. The molecular formula is C22H27F2N5. The fourth-order valence-corrected chi connectivity index (χ4v) is 3.99. The Bertz CT molecular complexity index is 992. The molecule has 1 aliphatic rings. The van der Waals surface area contributed by atoms with Crippen molar-refractivity contribution in [1.82, 2.24) is 19.9 Å². The molecule has 3 heterocycles. The second-order valence-corrected chi connectivity index (χ2v) is 8.05. The molecule has 4 rings (SSSR count). The van der Waals surface area contributed by atoms with Gasteiger partial charge in [0.15, 0.2) is 11.6 Å². The Hall–Kier alpha value is -2.54. The van der Waals surface area contributed by atoms with Gasteiger partial charge in [-0.25, -0.2) is 18.7 Å². The van der Waals surface area contributed by atoms with Crippen LogP contribution < -0.4 is 5.32 Å². The standard InChI is InChI=1S/C22H27F2N5/c1-14-12-16(22-27-18-6-5-17(23)19(24)20(18)28-22)13-26-21(14)25-9-3-4-15-7-10-29(2)11-8-15/h5-6,12-13,15H,3-4,7-11H2,1-2H3,(H,25,26)(H,27,28). The summed E-state index contributed by atoms with van der Waals surface area (Å²) in [6, 6.07) is 4.55. The van der Waals surface area contributed by atoms with Crippen molar-refractivity contribution in [2.24, 2.45) is 5.92 Å². The smallest absolute Gasteiger partial charge is 0.186 e. The number of halogens is 2. The van der Waals surface area contributed by atoms with Crippen LogP contribution in [0.4, 0.5) is 14.6 Å². The molecule has 0 spiro atoms. The van der Waals surface area contributed by atoms with E-state index in [1.807, 2.05) is 13.0 Å². The third kappa shape index (κ3) is 4.40. The molecule has 5 nitrogen and oxygen atoms in total. The van der Waals surface area contributed by atoms with E-state index < -0.39 is 11.6 Å². The summed E-state index contributed by atoms with van der Waals surface area (Å²) in [5.74, 6) is 0.337. The Balaban J connectivity index is 1.37. The summed E-state index contributed by atoms with van der Waals surface area (Å²) in [7, 11) is 2.19. The molecule has 2 N–H and O–H groups in total. The molecule has 29 heavy (non-hydrogen) atoms. The molecular weight excluding hydrogens is 372 g/mol. The molecule has 154 valence electrons. The highest BCUT2D eigenvalue weighted by atomic mass is 19.2. The Morgan fingerprint density at radius 1 is 1.24 bits per heavy atom. The lowest BCUT2D eigenvalue weighted by atomic mass is 9.92. The van der Waals surface area contributed by atoms with E-state index >= 15 is 0 Å². The van der Waals surface area contributed by atoms with E-state index in [4.69, 9.17) is 0 Å². The summed E-state index contributed by atoms with van der Waals surface area (Å²) in [4.78, 5) is 14.2. The molecule has 0 amide bonds. The van der Waals surface area contributed by atoms with E-state index in [0.29, 0.717) is 11.3 Å². The number of aromatic nitrogens is 3. The first-order chi connectivity index (χ1) is 14.0. The van der Waals surface area contributed by atoms with Crippen LogP contribution in [0.25, 0.3) is 22.4 Å². The number of aryl methyl sites for hydroxylation is 1. The number of fused-ring (bicyclic) bond motifs is 1. The number of H-pyrrole nitrogens is 1. The third-order valence-electron chi connectivity index (χ3n) is 5.82. The number of hydrogen-bond donors (Lipinski definition) is 2. The zero-order valence-corrected chi connectivity index (χ0v) is 16.9. The second-order valence-electron chi connectivity index (χ2n) is 8.05. The van der Waals surface area contributed by atoms with Gasteiger partial charge in [0.05, 0.1) is 5.52 Å². The molecule has 1 aliphatic heterocycles. The quantitative estimate of drug-likeness (QED) is 0.588. The molecule has 0 unspecified atom stereocenters. The van der Waals surface area contributed by atoms with Crippen molar-refractivity contribution >= 4 is 16.9 Å². The summed E-state index contributed by atoms with van der Waals surface area (Å²) < 4.78 is 27.3.